The first-order valence-corrected chi connectivity index (χ1v) is 12.0. The van der Waals surface area contributed by atoms with Gasteiger partial charge < -0.3 is 0 Å². The predicted molar refractivity (Wildman–Crippen MR) is 144 cm³/mol. The minimum Gasteiger partial charge on any atom is -0.261 e. The van der Waals surface area contributed by atoms with Crippen molar-refractivity contribution in [3.05, 3.63) is 144 Å². The Labute approximate surface area is 207 Å². The van der Waals surface area contributed by atoms with Crippen LogP contribution in [0.4, 0.5) is 0 Å². The van der Waals surface area contributed by atoms with Crippen molar-refractivity contribution in [2.45, 2.75) is 31.6 Å². The van der Waals surface area contributed by atoms with Gasteiger partial charge in [0, 0.05) is 0 Å². The molecule has 1 aliphatic rings. The normalized spacial score (nSPS) is 19.6. The summed E-state index contributed by atoms with van der Waals surface area (Å²) >= 11 is 0. The zero-order valence-corrected chi connectivity index (χ0v) is 20.1. The maximum absolute atomic E-state index is 5.08. The summed E-state index contributed by atoms with van der Waals surface area (Å²) in [7, 11) is 0. The Morgan fingerprint density at radius 2 is 0.829 bits per heavy atom. The van der Waals surface area contributed by atoms with E-state index in [-0.39, 0.29) is 12.1 Å². The molecule has 0 aromatic heterocycles. The lowest BCUT2D eigenvalue weighted by Crippen LogP contribution is -2.44. The lowest BCUT2D eigenvalue weighted by atomic mass is 9.94. The van der Waals surface area contributed by atoms with Gasteiger partial charge in [-0.05, 0) is 36.1 Å². The molecule has 0 bridgehead atoms. The summed E-state index contributed by atoms with van der Waals surface area (Å²) in [5, 5.41) is 14.6. The Hall–Kier alpha value is -4.18. The highest BCUT2D eigenvalue weighted by atomic mass is 15.7. The molecule has 4 aromatic carbocycles. The molecule has 0 saturated carbocycles. The first-order valence-electron chi connectivity index (χ1n) is 12.0. The van der Waals surface area contributed by atoms with E-state index in [2.05, 4.69) is 109 Å². The molecule has 4 aromatic rings. The van der Waals surface area contributed by atoms with Crippen molar-refractivity contribution in [2.75, 3.05) is 0 Å². The number of rotatable bonds is 6. The topological polar surface area (TPSA) is 31.2 Å². The SMILES string of the molecule is CC1(C)N(/N=C/c2ccccc2)[C@H](c2ccccc2)[C@H](c2ccccc2)N1/N=C/c1ccccc1. The molecule has 1 fully saturated rings. The third kappa shape index (κ3) is 4.73. The van der Waals surface area contributed by atoms with E-state index in [1.54, 1.807) is 0 Å². The highest BCUT2D eigenvalue weighted by Gasteiger charge is 2.53. The molecule has 0 spiro atoms. The van der Waals surface area contributed by atoms with Gasteiger partial charge in [-0.15, -0.1) is 0 Å². The van der Waals surface area contributed by atoms with Crippen molar-refractivity contribution in [2.24, 2.45) is 10.2 Å². The summed E-state index contributed by atoms with van der Waals surface area (Å²) in [5.41, 5.74) is 4.06. The smallest absolute Gasteiger partial charge is 0.141 e. The van der Waals surface area contributed by atoms with Crippen LogP contribution in [0.2, 0.25) is 0 Å². The third-order valence-electron chi connectivity index (χ3n) is 6.49. The maximum Gasteiger partial charge on any atom is 0.141 e. The molecule has 4 heteroatoms. The van der Waals surface area contributed by atoms with Gasteiger partial charge in [0.1, 0.15) is 17.7 Å². The van der Waals surface area contributed by atoms with Crippen LogP contribution in [0.25, 0.3) is 0 Å². The summed E-state index contributed by atoms with van der Waals surface area (Å²) in [6.45, 7) is 4.38. The second-order valence-electron chi connectivity index (χ2n) is 9.21. The van der Waals surface area contributed by atoms with E-state index in [4.69, 9.17) is 10.2 Å². The third-order valence-corrected chi connectivity index (χ3v) is 6.49. The van der Waals surface area contributed by atoms with Crippen LogP contribution in [0.1, 0.15) is 48.2 Å². The number of hydrogen-bond donors (Lipinski definition) is 0. The molecule has 0 amide bonds. The van der Waals surface area contributed by atoms with Crippen LogP contribution in [-0.4, -0.2) is 28.1 Å². The second-order valence-corrected chi connectivity index (χ2v) is 9.21. The minimum absolute atomic E-state index is 0.0264. The standard InChI is InChI=1S/C31H30N4/c1-31(2)34(32-23-25-15-7-3-8-16-25)29(27-19-11-5-12-20-27)30(28-21-13-6-14-22-28)35(31)33-24-26-17-9-4-10-18-26/h3-24,29-30H,1-2H3/b32-23+,33-24+/t29-,30+. The number of hydrogen-bond acceptors (Lipinski definition) is 4. The molecule has 5 rings (SSSR count). The lowest BCUT2D eigenvalue weighted by Gasteiger charge is -2.36. The molecule has 0 aliphatic carbocycles. The van der Waals surface area contributed by atoms with Gasteiger partial charge in [0.05, 0.1) is 12.4 Å². The van der Waals surface area contributed by atoms with Crippen LogP contribution >= 0.6 is 0 Å². The Morgan fingerprint density at radius 1 is 0.514 bits per heavy atom. The fourth-order valence-electron chi connectivity index (χ4n) is 4.76. The van der Waals surface area contributed by atoms with E-state index in [1.807, 2.05) is 48.8 Å². The molecule has 2 atom stereocenters. The molecule has 0 radical (unpaired) electrons. The second kappa shape index (κ2) is 9.98. The largest absolute Gasteiger partial charge is 0.261 e. The zero-order chi connectivity index (χ0) is 24.1. The first-order chi connectivity index (χ1) is 17.1. The van der Waals surface area contributed by atoms with E-state index < -0.39 is 5.66 Å². The summed E-state index contributed by atoms with van der Waals surface area (Å²) < 4.78 is 0. The van der Waals surface area contributed by atoms with Gasteiger partial charge >= 0.3 is 0 Å². The fraction of sp³-hybridized carbons (Fsp3) is 0.161. The monoisotopic (exact) mass is 458 g/mol. The highest BCUT2D eigenvalue weighted by molar-refractivity contribution is 5.80. The van der Waals surface area contributed by atoms with Crippen molar-refractivity contribution in [3.63, 3.8) is 0 Å². The van der Waals surface area contributed by atoms with Crippen LogP contribution in [-0.2, 0) is 0 Å². The quantitative estimate of drug-likeness (QED) is 0.295. The first kappa shape index (κ1) is 22.6. The van der Waals surface area contributed by atoms with Crippen LogP contribution in [0.5, 0.6) is 0 Å². The van der Waals surface area contributed by atoms with Crippen LogP contribution in [0.3, 0.4) is 0 Å². The Kier molecular flexibility index (Phi) is 6.44. The van der Waals surface area contributed by atoms with Gasteiger partial charge in [0.2, 0.25) is 0 Å². The average molecular weight is 459 g/mol. The maximum atomic E-state index is 5.08. The van der Waals surface area contributed by atoms with Gasteiger partial charge in [0.25, 0.3) is 0 Å². The van der Waals surface area contributed by atoms with Gasteiger partial charge in [-0.3, -0.25) is 10.0 Å². The van der Waals surface area contributed by atoms with Crippen molar-refractivity contribution in [1.29, 1.82) is 0 Å². The molecule has 1 heterocycles. The molecule has 35 heavy (non-hydrogen) atoms. The molecule has 0 N–H and O–H groups in total. The van der Waals surface area contributed by atoms with Crippen LogP contribution in [0, 0.1) is 0 Å². The minimum atomic E-state index is -0.489. The van der Waals surface area contributed by atoms with E-state index in [9.17, 15) is 0 Å². The summed E-state index contributed by atoms with van der Waals surface area (Å²) in [4.78, 5) is 0. The van der Waals surface area contributed by atoms with Gasteiger partial charge in [0.15, 0.2) is 0 Å². The molecule has 1 saturated heterocycles. The Bertz CT molecular complexity index is 1170. The van der Waals surface area contributed by atoms with Gasteiger partial charge in [-0.1, -0.05) is 121 Å². The Balaban J connectivity index is 1.64. The number of hydrazone groups is 2. The van der Waals surface area contributed by atoms with Gasteiger partial charge in [-0.25, -0.2) is 0 Å². The molecule has 0 unspecified atom stereocenters. The van der Waals surface area contributed by atoms with Crippen LogP contribution in [0.15, 0.2) is 132 Å². The van der Waals surface area contributed by atoms with Crippen molar-refractivity contribution in [1.82, 2.24) is 10.0 Å². The molecule has 174 valence electrons. The zero-order valence-electron chi connectivity index (χ0n) is 20.1. The molecular formula is C31H30N4. The van der Waals surface area contributed by atoms with E-state index in [1.165, 1.54) is 11.1 Å². The van der Waals surface area contributed by atoms with Crippen molar-refractivity contribution in [3.8, 4) is 0 Å². The molecule has 1 aliphatic heterocycles. The predicted octanol–water partition coefficient (Wildman–Crippen LogP) is 6.89. The summed E-state index contributed by atoms with van der Waals surface area (Å²) in [5.74, 6) is 0. The van der Waals surface area contributed by atoms with E-state index >= 15 is 0 Å². The van der Waals surface area contributed by atoms with E-state index in [0.717, 1.165) is 11.1 Å². The summed E-state index contributed by atoms with van der Waals surface area (Å²) in [6.07, 6.45) is 3.90. The Morgan fingerprint density at radius 3 is 1.17 bits per heavy atom. The van der Waals surface area contributed by atoms with E-state index in [0.29, 0.717) is 0 Å². The number of benzene rings is 4. The number of nitrogens with zero attached hydrogens (tertiary/aromatic N) is 4. The lowest BCUT2D eigenvalue weighted by molar-refractivity contribution is 0.0339. The summed E-state index contributed by atoms with van der Waals surface area (Å²) in [6, 6.07) is 41.7. The van der Waals surface area contributed by atoms with Crippen molar-refractivity contribution < 1.29 is 0 Å². The van der Waals surface area contributed by atoms with Gasteiger partial charge in [-0.2, -0.15) is 10.2 Å². The fourth-order valence-corrected chi connectivity index (χ4v) is 4.76. The molecular weight excluding hydrogens is 428 g/mol. The average Bonchev–Trinajstić information content (AvgIpc) is 3.14. The highest BCUT2D eigenvalue weighted by Crippen LogP contribution is 2.51. The molecule has 4 nitrogen and oxygen atoms in total. The van der Waals surface area contributed by atoms with Crippen molar-refractivity contribution >= 4 is 12.4 Å². The van der Waals surface area contributed by atoms with Crippen LogP contribution < -0.4 is 0 Å².